The number of halogens is 1. The summed E-state index contributed by atoms with van der Waals surface area (Å²) in [7, 11) is -2.13. The van der Waals surface area contributed by atoms with Crippen molar-refractivity contribution >= 4 is 16.0 Å². The highest BCUT2D eigenvalue weighted by Crippen LogP contribution is 2.22. The van der Waals surface area contributed by atoms with E-state index in [1.807, 2.05) is 11.9 Å². The van der Waals surface area contributed by atoms with Crippen LogP contribution in [0.3, 0.4) is 0 Å². The normalized spacial score (nSPS) is 18.4. The van der Waals surface area contributed by atoms with E-state index in [2.05, 4.69) is 0 Å². The number of nitrogens with zero attached hydrogens (tertiary/aromatic N) is 2. The van der Waals surface area contributed by atoms with Crippen LogP contribution in [0.1, 0.15) is 16.8 Å². The molecule has 1 aliphatic heterocycles. The molecule has 2 rings (SSSR count). The average molecular weight is 316 g/mol. The Hall–Kier alpha value is -1.51. The number of carboxylic acids is 1. The van der Waals surface area contributed by atoms with Gasteiger partial charge in [0.25, 0.3) is 0 Å². The fourth-order valence-electron chi connectivity index (χ4n) is 2.29. The second-order valence-corrected chi connectivity index (χ2v) is 6.91. The summed E-state index contributed by atoms with van der Waals surface area (Å²) < 4.78 is 39.8. The lowest BCUT2D eigenvalue weighted by Gasteiger charge is -2.21. The molecule has 21 heavy (non-hydrogen) atoms. The third kappa shape index (κ3) is 3.39. The van der Waals surface area contributed by atoms with Gasteiger partial charge in [0.05, 0.1) is 10.5 Å². The lowest BCUT2D eigenvalue weighted by molar-refractivity contribution is 0.0692. The molecule has 0 radical (unpaired) electrons. The Balaban J connectivity index is 2.43. The zero-order valence-electron chi connectivity index (χ0n) is 11.6. The van der Waals surface area contributed by atoms with Crippen LogP contribution in [0.4, 0.5) is 4.39 Å². The molecule has 0 amide bonds. The Morgan fingerprint density at radius 1 is 1.24 bits per heavy atom. The van der Waals surface area contributed by atoms with Crippen LogP contribution in [-0.2, 0) is 10.0 Å². The SMILES string of the molecule is CN1CCCN(S(=O)(=O)c2cc(F)ccc2C(=O)O)CC1. The fourth-order valence-corrected chi connectivity index (χ4v) is 3.95. The molecule has 0 saturated carbocycles. The molecule has 8 heteroatoms. The van der Waals surface area contributed by atoms with Crippen molar-refractivity contribution in [2.24, 2.45) is 0 Å². The van der Waals surface area contributed by atoms with Gasteiger partial charge in [0.2, 0.25) is 10.0 Å². The monoisotopic (exact) mass is 316 g/mol. The summed E-state index contributed by atoms with van der Waals surface area (Å²) in [5.41, 5.74) is -0.408. The molecule has 1 aromatic rings. The second kappa shape index (κ2) is 6.08. The number of carbonyl (C=O) groups is 1. The highest BCUT2D eigenvalue weighted by atomic mass is 32.2. The van der Waals surface area contributed by atoms with Crippen molar-refractivity contribution in [1.29, 1.82) is 0 Å². The molecule has 0 aliphatic carbocycles. The molecule has 1 fully saturated rings. The van der Waals surface area contributed by atoms with Crippen molar-refractivity contribution in [3.8, 4) is 0 Å². The number of hydrogen-bond donors (Lipinski definition) is 1. The Bertz CT molecular complexity index is 648. The third-order valence-electron chi connectivity index (χ3n) is 3.47. The lowest BCUT2D eigenvalue weighted by Crippen LogP contribution is -2.35. The van der Waals surface area contributed by atoms with Gasteiger partial charge in [0.1, 0.15) is 5.82 Å². The van der Waals surface area contributed by atoms with E-state index >= 15 is 0 Å². The van der Waals surface area contributed by atoms with Gasteiger partial charge in [0.15, 0.2) is 0 Å². The largest absolute Gasteiger partial charge is 0.478 e. The topological polar surface area (TPSA) is 77.9 Å². The van der Waals surface area contributed by atoms with E-state index < -0.39 is 32.3 Å². The van der Waals surface area contributed by atoms with Gasteiger partial charge in [-0.2, -0.15) is 4.31 Å². The molecule has 1 heterocycles. The number of hydrogen-bond acceptors (Lipinski definition) is 4. The standard InChI is InChI=1S/C13H17FN2O4S/c1-15-5-2-6-16(8-7-15)21(19,20)12-9-10(14)3-4-11(12)13(17)18/h3-4,9H,2,5-8H2,1H3,(H,17,18). The fraction of sp³-hybridized carbons (Fsp3) is 0.462. The van der Waals surface area contributed by atoms with Gasteiger partial charge in [0, 0.05) is 19.6 Å². The number of carboxylic acid groups (broad SMARTS) is 1. The van der Waals surface area contributed by atoms with Gasteiger partial charge >= 0.3 is 5.97 Å². The van der Waals surface area contributed by atoms with Crippen LogP contribution in [-0.4, -0.2) is 61.9 Å². The quantitative estimate of drug-likeness (QED) is 0.894. The van der Waals surface area contributed by atoms with Gasteiger partial charge in [-0.1, -0.05) is 0 Å². The van der Waals surface area contributed by atoms with Crippen LogP contribution >= 0.6 is 0 Å². The molecular weight excluding hydrogens is 299 g/mol. The summed E-state index contributed by atoms with van der Waals surface area (Å²) in [5.74, 6) is -2.16. The minimum Gasteiger partial charge on any atom is -0.478 e. The van der Waals surface area contributed by atoms with Gasteiger partial charge in [-0.05, 0) is 38.2 Å². The van der Waals surface area contributed by atoms with E-state index in [1.54, 1.807) is 0 Å². The smallest absolute Gasteiger partial charge is 0.337 e. The van der Waals surface area contributed by atoms with Crippen molar-refractivity contribution < 1.29 is 22.7 Å². The first kappa shape index (κ1) is 15.9. The Morgan fingerprint density at radius 3 is 2.62 bits per heavy atom. The lowest BCUT2D eigenvalue weighted by atomic mass is 10.2. The molecule has 1 N–H and O–H groups in total. The third-order valence-corrected chi connectivity index (χ3v) is 5.41. The van der Waals surface area contributed by atoms with E-state index in [0.717, 1.165) is 24.7 Å². The van der Waals surface area contributed by atoms with Crippen LogP contribution in [0, 0.1) is 5.82 Å². The maximum atomic E-state index is 13.4. The summed E-state index contributed by atoms with van der Waals surface area (Å²) in [6.07, 6.45) is 0.646. The summed E-state index contributed by atoms with van der Waals surface area (Å²) in [5, 5.41) is 9.10. The first-order valence-corrected chi connectivity index (χ1v) is 7.98. The predicted molar refractivity (Wildman–Crippen MR) is 74.2 cm³/mol. The highest BCUT2D eigenvalue weighted by molar-refractivity contribution is 7.89. The van der Waals surface area contributed by atoms with Crippen molar-refractivity contribution in [1.82, 2.24) is 9.21 Å². The number of aromatic carboxylic acids is 1. The molecule has 1 saturated heterocycles. The molecule has 1 aliphatic rings. The zero-order valence-corrected chi connectivity index (χ0v) is 12.4. The van der Waals surface area contributed by atoms with Crippen LogP contribution < -0.4 is 0 Å². The van der Waals surface area contributed by atoms with Crippen molar-refractivity contribution in [3.05, 3.63) is 29.6 Å². The van der Waals surface area contributed by atoms with Crippen molar-refractivity contribution in [2.45, 2.75) is 11.3 Å². The zero-order chi connectivity index (χ0) is 15.6. The molecule has 0 bridgehead atoms. The van der Waals surface area contributed by atoms with Crippen LogP contribution in [0.2, 0.25) is 0 Å². The van der Waals surface area contributed by atoms with E-state index in [9.17, 15) is 17.6 Å². The summed E-state index contributed by atoms with van der Waals surface area (Å²) in [4.78, 5) is 12.7. The Kier molecular flexibility index (Phi) is 4.60. The maximum Gasteiger partial charge on any atom is 0.337 e. The molecule has 0 aromatic heterocycles. The second-order valence-electron chi connectivity index (χ2n) is 5.01. The van der Waals surface area contributed by atoms with Crippen LogP contribution in [0.25, 0.3) is 0 Å². The van der Waals surface area contributed by atoms with Crippen LogP contribution in [0.5, 0.6) is 0 Å². The van der Waals surface area contributed by atoms with E-state index in [1.165, 1.54) is 4.31 Å². The predicted octanol–water partition coefficient (Wildman–Crippen LogP) is 0.850. The Morgan fingerprint density at radius 2 is 1.95 bits per heavy atom. The number of sulfonamides is 1. The minimum absolute atomic E-state index is 0.258. The number of rotatable bonds is 3. The summed E-state index contributed by atoms with van der Waals surface area (Å²) >= 11 is 0. The van der Waals surface area contributed by atoms with Crippen molar-refractivity contribution in [3.63, 3.8) is 0 Å². The highest BCUT2D eigenvalue weighted by Gasteiger charge is 2.30. The molecule has 0 atom stereocenters. The molecule has 1 aromatic carbocycles. The maximum absolute atomic E-state index is 13.4. The van der Waals surface area contributed by atoms with E-state index in [-0.39, 0.29) is 6.54 Å². The van der Waals surface area contributed by atoms with Gasteiger partial charge in [-0.3, -0.25) is 0 Å². The number of likely N-dealkylation sites (N-methyl/N-ethyl adjacent to an activating group) is 1. The summed E-state index contributed by atoms with van der Waals surface area (Å²) in [6, 6.07) is 2.70. The molecule has 0 spiro atoms. The molecule has 0 unspecified atom stereocenters. The first-order chi connectivity index (χ1) is 9.82. The Labute approximate surface area is 122 Å². The van der Waals surface area contributed by atoms with Gasteiger partial charge in [-0.15, -0.1) is 0 Å². The molecule has 116 valence electrons. The van der Waals surface area contributed by atoms with Crippen molar-refractivity contribution in [2.75, 3.05) is 33.2 Å². The molecule has 6 nitrogen and oxygen atoms in total. The number of benzene rings is 1. The van der Waals surface area contributed by atoms with Gasteiger partial charge < -0.3 is 10.0 Å². The van der Waals surface area contributed by atoms with Crippen LogP contribution in [0.15, 0.2) is 23.1 Å². The van der Waals surface area contributed by atoms with E-state index in [0.29, 0.717) is 19.5 Å². The van der Waals surface area contributed by atoms with E-state index in [4.69, 9.17) is 5.11 Å². The van der Waals surface area contributed by atoms with Gasteiger partial charge in [-0.25, -0.2) is 17.6 Å². The first-order valence-electron chi connectivity index (χ1n) is 6.54. The minimum atomic E-state index is -4.02. The summed E-state index contributed by atoms with van der Waals surface area (Å²) in [6.45, 7) is 1.87. The average Bonchev–Trinajstić information content (AvgIpc) is 2.63. The molecular formula is C13H17FN2O4S.